The van der Waals surface area contributed by atoms with Crippen LogP contribution in [-0.2, 0) is 61.3 Å². The first-order valence-corrected chi connectivity index (χ1v) is 22.6. The first-order chi connectivity index (χ1) is 33.8. The van der Waals surface area contributed by atoms with E-state index >= 15 is 0 Å². The van der Waals surface area contributed by atoms with Gasteiger partial charge in [-0.05, 0) is 183 Å². The summed E-state index contributed by atoms with van der Waals surface area (Å²) in [6.45, 7) is 21.4. The zero-order valence-electron chi connectivity index (χ0n) is 40.6. The molecule has 0 saturated heterocycles. The fourth-order valence-corrected chi connectivity index (χ4v) is 6.97. The number of ether oxygens (including phenoxy) is 6. The third-order valence-corrected chi connectivity index (χ3v) is 11.4. The molecule has 0 aromatic heterocycles. The van der Waals surface area contributed by atoms with E-state index in [4.69, 9.17) is 28.4 Å². The number of rotatable bonds is 19. The Hall–Kier alpha value is -8.64. The van der Waals surface area contributed by atoms with Crippen molar-refractivity contribution in [1.82, 2.24) is 0 Å². The van der Waals surface area contributed by atoms with Gasteiger partial charge in [0.15, 0.2) is 0 Å². The van der Waals surface area contributed by atoms with Gasteiger partial charge in [0.25, 0.3) is 0 Å². The normalized spacial score (nSPS) is 10.6. The van der Waals surface area contributed by atoms with Crippen molar-refractivity contribution in [3.8, 4) is 17.2 Å². The van der Waals surface area contributed by atoms with Crippen molar-refractivity contribution in [3.05, 3.63) is 230 Å². The summed E-state index contributed by atoms with van der Waals surface area (Å²) in [5.74, 6) is -2.32. The van der Waals surface area contributed by atoms with Crippen molar-refractivity contribution in [2.75, 3.05) is 0 Å². The Bertz CT molecular complexity index is 2890. The molecule has 0 aliphatic carbocycles. The average Bonchev–Trinajstić information content (AvgIpc) is 3.35. The average molecular weight is 955 g/mol. The summed E-state index contributed by atoms with van der Waals surface area (Å²) < 4.78 is 33.4. The number of carbonyl (C=O) groups is 6. The minimum Gasteiger partial charge on any atom is -0.457 e. The minimum atomic E-state index is -0.603. The molecular weight excluding hydrogens is 901 g/mol. The molecule has 12 heteroatoms. The number of benzene rings is 6. The molecule has 362 valence electrons. The SMILES string of the molecule is C=C(C)C(=O)OCc1ccc(C(=O)Oc2ccc(C)c(Cc3cc(OC(=O)c4ccc(COC(=O)C(=C)C)cc4)cc(Cc4cc(OC(=O)c5ccc(COC(=O)C(=C)C)cc5)ccc4C)c3C)c2)cc1. The van der Waals surface area contributed by atoms with Gasteiger partial charge in [0, 0.05) is 16.7 Å². The van der Waals surface area contributed by atoms with E-state index in [2.05, 4.69) is 19.7 Å². The van der Waals surface area contributed by atoms with Gasteiger partial charge in [-0.3, -0.25) is 0 Å². The van der Waals surface area contributed by atoms with E-state index in [1.807, 2.05) is 45.0 Å². The largest absolute Gasteiger partial charge is 0.457 e. The maximum atomic E-state index is 13.7. The predicted molar refractivity (Wildman–Crippen MR) is 267 cm³/mol. The minimum absolute atomic E-state index is 0.0122. The zero-order valence-corrected chi connectivity index (χ0v) is 40.6. The van der Waals surface area contributed by atoms with Crippen LogP contribution in [-0.4, -0.2) is 35.8 Å². The standard InChI is InChI=1S/C59H54O12/c1-35(2)54(60)66-32-41-12-18-44(19-13-41)57(63)69-51-24-10-38(7)47(28-51)26-49-30-53(71-59(65)46-22-16-43(17-23-46)34-68-56(62)37(5)6)31-50(40(49)9)27-48-29-52(25-11-39(48)8)70-58(64)45-20-14-42(15-21-45)33-67-55(61)36(3)4/h10-25,28-31H,1,3,5,26-27,32-34H2,2,4,6-9H3. The Kier molecular flexibility index (Phi) is 17.2. The van der Waals surface area contributed by atoms with Gasteiger partial charge in [0.1, 0.15) is 37.1 Å². The molecule has 0 amide bonds. The highest BCUT2D eigenvalue weighted by molar-refractivity contribution is 5.93. The molecule has 0 bridgehead atoms. The van der Waals surface area contributed by atoms with E-state index in [0.717, 1.165) is 38.9 Å². The van der Waals surface area contributed by atoms with Crippen LogP contribution in [0.2, 0.25) is 0 Å². The Balaban J connectivity index is 1.24. The van der Waals surface area contributed by atoms with Crippen LogP contribution in [0, 0.1) is 20.8 Å². The van der Waals surface area contributed by atoms with Crippen molar-refractivity contribution in [1.29, 1.82) is 0 Å². The second-order valence-electron chi connectivity index (χ2n) is 17.2. The van der Waals surface area contributed by atoms with Gasteiger partial charge in [-0.1, -0.05) is 68.3 Å². The van der Waals surface area contributed by atoms with Crippen LogP contribution in [0.25, 0.3) is 0 Å². The smallest absolute Gasteiger partial charge is 0.343 e. The Labute approximate surface area is 413 Å². The third-order valence-electron chi connectivity index (χ3n) is 11.4. The number of hydrogen-bond donors (Lipinski definition) is 0. The molecule has 0 fully saturated rings. The van der Waals surface area contributed by atoms with Crippen LogP contribution in [0.4, 0.5) is 0 Å². The van der Waals surface area contributed by atoms with E-state index in [1.165, 1.54) is 0 Å². The fraction of sp³-hybridized carbons (Fsp3) is 0.186. The Morgan fingerprint density at radius 1 is 0.380 bits per heavy atom. The van der Waals surface area contributed by atoms with Crippen LogP contribution in [0.5, 0.6) is 17.2 Å². The van der Waals surface area contributed by atoms with Crippen LogP contribution < -0.4 is 14.2 Å². The maximum absolute atomic E-state index is 13.7. The highest BCUT2D eigenvalue weighted by atomic mass is 16.6. The van der Waals surface area contributed by atoms with Gasteiger partial charge in [0.05, 0.1) is 16.7 Å². The van der Waals surface area contributed by atoms with Gasteiger partial charge in [-0.25, -0.2) is 28.8 Å². The lowest BCUT2D eigenvalue weighted by atomic mass is 9.90. The van der Waals surface area contributed by atoms with Crippen LogP contribution in [0.1, 0.15) is 107 Å². The summed E-state index contributed by atoms with van der Waals surface area (Å²) in [7, 11) is 0. The summed E-state index contributed by atoms with van der Waals surface area (Å²) in [4.78, 5) is 75.8. The Morgan fingerprint density at radius 2 is 0.662 bits per heavy atom. The van der Waals surface area contributed by atoms with Crippen molar-refractivity contribution in [2.45, 2.75) is 74.2 Å². The monoisotopic (exact) mass is 954 g/mol. The predicted octanol–water partition coefficient (Wildman–Crippen LogP) is 11.3. The first kappa shape index (κ1) is 51.7. The lowest BCUT2D eigenvalue weighted by Crippen LogP contribution is -2.11. The summed E-state index contributed by atoms with van der Waals surface area (Å²) in [5.41, 5.74) is 10.00. The highest BCUT2D eigenvalue weighted by Crippen LogP contribution is 2.31. The summed E-state index contributed by atoms with van der Waals surface area (Å²) in [6.07, 6.45) is 0.755. The van der Waals surface area contributed by atoms with E-state index in [1.54, 1.807) is 118 Å². The first-order valence-electron chi connectivity index (χ1n) is 22.6. The summed E-state index contributed by atoms with van der Waals surface area (Å²) >= 11 is 0. The van der Waals surface area contributed by atoms with E-state index in [-0.39, 0.29) is 42.1 Å². The number of aryl methyl sites for hydroxylation is 2. The van der Waals surface area contributed by atoms with Gasteiger partial charge in [-0.2, -0.15) is 0 Å². The quantitative estimate of drug-likeness (QED) is 0.0328. The van der Waals surface area contributed by atoms with Crippen LogP contribution >= 0.6 is 0 Å². The van der Waals surface area contributed by atoms with Gasteiger partial charge in [0.2, 0.25) is 0 Å². The highest BCUT2D eigenvalue weighted by Gasteiger charge is 2.19. The van der Waals surface area contributed by atoms with E-state index in [9.17, 15) is 28.8 Å². The molecule has 0 atom stereocenters. The summed E-state index contributed by atoms with van der Waals surface area (Å²) in [6, 6.07) is 34.1. The molecule has 6 rings (SSSR count). The number of carbonyl (C=O) groups excluding carboxylic acids is 6. The molecule has 0 heterocycles. The lowest BCUT2D eigenvalue weighted by molar-refractivity contribution is -0.141. The van der Waals surface area contributed by atoms with Gasteiger partial charge < -0.3 is 28.4 Å². The molecule has 6 aromatic rings. The molecule has 0 aliphatic rings. The number of esters is 6. The third kappa shape index (κ3) is 14.4. The summed E-state index contributed by atoms with van der Waals surface area (Å²) in [5, 5.41) is 0. The second kappa shape index (κ2) is 23.6. The molecule has 0 N–H and O–H groups in total. The molecule has 6 aromatic carbocycles. The van der Waals surface area contributed by atoms with Crippen molar-refractivity contribution < 1.29 is 57.2 Å². The van der Waals surface area contributed by atoms with Crippen molar-refractivity contribution in [2.24, 2.45) is 0 Å². The molecule has 71 heavy (non-hydrogen) atoms. The molecule has 0 spiro atoms. The molecule has 0 saturated carbocycles. The Morgan fingerprint density at radius 3 is 0.958 bits per heavy atom. The number of hydrogen-bond acceptors (Lipinski definition) is 12. The molecule has 0 radical (unpaired) electrons. The lowest BCUT2D eigenvalue weighted by Gasteiger charge is -2.18. The molecular formula is C59H54O12. The second-order valence-corrected chi connectivity index (χ2v) is 17.2. The van der Waals surface area contributed by atoms with E-state index in [0.29, 0.717) is 57.9 Å². The van der Waals surface area contributed by atoms with Gasteiger partial charge in [-0.15, -0.1) is 0 Å². The van der Waals surface area contributed by atoms with E-state index < -0.39 is 35.8 Å². The van der Waals surface area contributed by atoms with Crippen LogP contribution in [0.15, 0.2) is 158 Å². The fourth-order valence-electron chi connectivity index (χ4n) is 6.97. The molecule has 0 aliphatic heterocycles. The van der Waals surface area contributed by atoms with Crippen LogP contribution in [0.3, 0.4) is 0 Å². The topological polar surface area (TPSA) is 158 Å². The molecule has 0 unspecified atom stereocenters. The van der Waals surface area contributed by atoms with Crippen molar-refractivity contribution >= 4 is 35.8 Å². The zero-order chi connectivity index (χ0) is 51.4. The van der Waals surface area contributed by atoms with Gasteiger partial charge >= 0.3 is 35.8 Å². The molecule has 12 nitrogen and oxygen atoms in total. The van der Waals surface area contributed by atoms with Crippen molar-refractivity contribution in [3.63, 3.8) is 0 Å². The maximum Gasteiger partial charge on any atom is 0.343 e.